The first-order valence-electron chi connectivity index (χ1n) is 9.26. The van der Waals surface area contributed by atoms with Gasteiger partial charge >= 0.3 is 0 Å². The fourth-order valence-corrected chi connectivity index (χ4v) is 4.45. The lowest BCUT2D eigenvalue weighted by Gasteiger charge is -2.25. The molecule has 1 saturated heterocycles. The molecule has 1 aliphatic carbocycles. The molecule has 1 amide bonds. The fraction of sp³-hybridized carbons (Fsp3) is 0.550. The molecule has 1 aromatic carbocycles. The minimum absolute atomic E-state index is 0.122. The molecule has 1 aromatic heterocycles. The second-order valence-corrected chi connectivity index (χ2v) is 7.91. The van der Waals surface area contributed by atoms with Crippen LogP contribution in [0.1, 0.15) is 45.4 Å². The summed E-state index contributed by atoms with van der Waals surface area (Å²) in [6.45, 7) is 5.75. The second kappa shape index (κ2) is 6.28. The first kappa shape index (κ1) is 16.3. The Balaban J connectivity index is 1.60. The number of aromatic nitrogens is 2. The van der Waals surface area contributed by atoms with Crippen molar-refractivity contribution in [2.24, 2.45) is 11.8 Å². The van der Waals surface area contributed by atoms with E-state index in [4.69, 9.17) is 9.51 Å². The van der Waals surface area contributed by atoms with Crippen molar-refractivity contribution in [1.82, 2.24) is 15.0 Å². The van der Waals surface area contributed by atoms with Crippen LogP contribution in [0.25, 0.3) is 11.5 Å². The summed E-state index contributed by atoms with van der Waals surface area (Å²) in [6.07, 6.45) is 3.97. The van der Waals surface area contributed by atoms with Crippen LogP contribution in [0.2, 0.25) is 0 Å². The summed E-state index contributed by atoms with van der Waals surface area (Å²) in [5.41, 5.74) is 0.821. The highest BCUT2D eigenvalue weighted by Crippen LogP contribution is 2.49. The highest BCUT2D eigenvalue weighted by Gasteiger charge is 2.54. The largest absolute Gasteiger partial charge is 0.341 e. The summed E-state index contributed by atoms with van der Waals surface area (Å²) < 4.78 is 5.56. The molecule has 1 aliphatic heterocycles. The number of hydrogen-bond donors (Lipinski definition) is 0. The molecule has 0 N–H and O–H groups in total. The Hall–Kier alpha value is -2.17. The molecule has 2 aliphatic rings. The van der Waals surface area contributed by atoms with Crippen molar-refractivity contribution in [1.29, 1.82) is 0 Å². The number of likely N-dealkylation sites (tertiary alicyclic amines) is 1. The highest BCUT2D eigenvalue weighted by atomic mass is 16.5. The Morgan fingerprint density at radius 2 is 2.16 bits per heavy atom. The molecule has 5 nitrogen and oxygen atoms in total. The summed E-state index contributed by atoms with van der Waals surface area (Å²) in [5, 5.41) is 4.34. The van der Waals surface area contributed by atoms with Crippen molar-refractivity contribution >= 4 is 5.91 Å². The summed E-state index contributed by atoms with van der Waals surface area (Å²) in [7, 11) is 0. The third kappa shape index (κ3) is 2.86. The summed E-state index contributed by atoms with van der Waals surface area (Å²) >= 11 is 0. The average molecular weight is 339 g/mol. The van der Waals surface area contributed by atoms with Gasteiger partial charge in [0.05, 0.1) is 5.41 Å². The smallest absolute Gasteiger partial charge is 0.257 e. The standard InChI is InChI=1S/C20H25N3O2/c1-14(2)11-17(24)23-12-16-9-6-10-20(16,13-23)19-21-18(25-22-19)15-7-4-3-5-8-15/h3-5,7-8,14,16H,6,9-13H2,1-2H3/t16-,20-/m1/s1. The quantitative estimate of drug-likeness (QED) is 0.853. The normalized spacial score (nSPS) is 25.6. The second-order valence-electron chi connectivity index (χ2n) is 7.91. The zero-order chi connectivity index (χ0) is 17.4. The molecule has 2 fully saturated rings. The van der Waals surface area contributed by atoms with Crippen molar-refractivity contribution in [2.45, 2.75) is 44.9 Å². The lowest BCUT2D eigenvalue weighted by atomic mass is 9.80. The van der Waals surface area contributed by atoms with Gasteiger partial charge in [-0.05, 0) is 36.8 Å². The lowest BCUT2D eigenvalue weighted by molar-refractivity contribution is -0.131. The maximum Gasteiger partial charge on any atom is 0.257 e. The van der Waals surface area contributed by atoms with E-state index >= 15 is 0 Å². The van der Waals surface area contributed by atoms with Gasteiger partial charge in [-0.25, -0.2) is 0 Å². The van der Waals surface area contributed by atoms with Gasteiger partial charge < -0.3 is 9.42 Å². The van der Waals surface area contributed by atoms with Gasteiger partial charge in [-0.1, -0.05) is 43.6 Å². The Morgan fingerprint density at radius 3 is 2.92 bits per heavy atom. The predicted molar refractivity (Wildman–Crippen MR) is 94.8 cm³/mol. The van der Waals surface area contributed by atoms with E-state index in [1.165, 1.54) is 6.42 Å². The first-order chi connectivity index (χ1) is 12.1. The van der Waals surface area contributed by atoms with Crippen LogP contribution in [-0.4, -0.2) is 34.0 Å². The number of rotatable bonds is 4. The molecule has 5 heteroatoms. The van der Waals surface area contributed by atoms with Crippen LogP contribution in [-0.2, 0) is 10.2 Å². The molecule has 0 radical (unpaired) electrons. The molecule has 2 atom stereocenters. The minimum atomic E-state index is -0.122. The van der Waals surface area contributed by atoms with Crippen LogP contribution in [0.3, 0.4) is 0 Å². The summed E-state index contributed by atoms with van der Waals surface area (Å²) in [4.78, 5) is 19.3. The number of nitrogens with zero attached hydrogens (tertiary/aromatic N) is 3. The Kier molecular flexibility index (Phi) is 4.10. The van der Waals surface area contributed by atoms with Gasteiger partial charge in [-0.15, -0.1) is 0 Å². The van der Waals surface area contributed by atoms with E-state index in [-0.39, 0.29) is 11.3 Å². The van der Waals surface area contributed by atoms with Crippen molar-refractivity contribution in [2.75, 3.05) is 13.1 Å². The van der Waals surface area contributed by atoms with Crippen molar-refractivity contribution < 1.29 is 9.32 Å². The SMILES string of the molecule is CC(C)CC(=O)N1C[C@H]2CCC[C@@]2(c2noc(-c3ccccc3)n2)C1. The Bertz CT molecular complexity index is 755. The van der Waals surface area contributed by atoms with Gasteiger partial charge in [-0.2, -0.15) is 4.98 Å². The number of hydrogen-bond acceptors (Lipinski definition) is 4. The molecule has 2 aromatic rings. The zero-order valence-electron chi connectivity index (χ0n) is 14.9. The van der Waals surface area contributed by atoms with E-state index in [2.05, 4.69) is 19.0 Å². The first-order valence-corrected chi connectivity index (χ1v) is 9.26. The number of benzene rings is 1. The van der Waals surface area contributed by atoms with E-state index in [9.17, 15) is 4.79 Å². The molecule has 0 unspecified atom stereocenters. The number of fused-ring (bicyclic) bond motifs is 1. The van der Waals surface area contributed by atoms with E-state index in [1.807, 2.05) is 35.2 Å². The van der Waals surface area contributed by atoms with Gasteiger partial charge in [0.15, 0.2) is 5.82 Å². The maximum atomic E-state index is 12.5. The number of amides is 1. The van der Waals surface area contributed by atoms with Crippen LogP contribution in [0.5, 0.6) is 0 Å². The topological polar surface area (TPSA) is 59.2 Å². The fourth-order valence-electron chi connectivity index (χ4n) is 4.45. The van der Waals surface area contributed by atoms with E-state index in [1.54, 1.807) is 0 Å². The molecule has 2 heterocycles. The van der Waals surface area contributed by atoms with E-state index in [0.29, 0.717) is 24.1 Å². The van der Waals surface area contributed by atoms with Gasteiger partial charge in [0, 0.05) is 25.1 Å². The number of carbonyl (C=O) groups is 1. The highest BCUT2D eigenvalue weighted by molar-refractivity contribution is 5.77. The third-order valence-corrected chi connectivity index (χ3v) is 5.70. The molecule has 132 valence electrons. The van der Waals surface area contributed by atoms with Crippen molar-refractivity contribution in [3.8, 4) is 11.5 Å². The minimum Gasteiger partial charge on any atom is -0.341 e. The van der Waals surface area contributed by atoms with Crippen LogP contribution in [0.4, 0.5) is 0 Å². The summed E-state index contributed by atoms with van der Waals surface area (Å²) in [5.74, 6) is 2.45. The predicted octanol–water partition coefficient (Wildman–Crippen LogP) is 3.66. The third-order valence-electron chi connectivity index (χ3n) is 5.70. The van der Waals surface area contributed by atoms with Gasteiger partial charge in [-0.3, -0.25) is 4.79 Å². The average Bonchev–Trinajstić information content (AvgIpc) is 3.28. The number of carbonyl (C=O) groups excluding carboxylic acids is 1. The van der Waals surface area contributed by atoms with Crippen LogP contribution in [0, 0.1) is 11.8 Å². The van der Waals surface area contributed by atoms with Gasteiger partial charge in [0.25, 0.3) is 5.89 Å². The molecule has 0 spiro atoms. The molecule has 4 rings (SSSR count). The van der Waals surface area contributed by atoms with Crippen molar-refractivity contribution in [3.63, 3.8) is 0 Å². The molecule has 25 heavy (non-hydrogen) atoms. The van der Waals surface area contributed by atoms with E-state index < -0.39 is 0 Å². The van der Waals surface area contributed by atoms with E-state index in [0.717, 1.165) is 37.3 Å². The molecule has 1 saturated carbocycles. The van der Waals surface area contributed by atoms with Gasteiger partial charge in [0.2, 0.25) is 5.91 Å². The molecular formula is C20H25N3O2. The maximum absolute atomic E-state index is 12.5. The lowest BCUT2D eigenvalue weighted by Crippen LogP contribution is -2.35. The van der Waals surface area contributed by atoms with Gasteiger partial charge in [0.1, 0.15) is 0 Å². The van der Waals surface area contributed by atoms with Crippen LogP contribution >= 0.6 is 0 Å². The zero-order valence-corrected chi connectivity index (χ0v) is 14.9. The Morgan fingerprint density at radius 1 is 1.36 bits per heavy atom. The molecule has 0 bridgehead atoms. The van der Waals surface area contributed by atoms with Crippen LogP contribution in [0.15, 0.2) is 34.9 Å². The van der Waals surface area contributed by atoms with Crippen LogP contribution < -0.4 is 0 Å². The molecular weight excluding hydrogens is 314 g/mol. The van der Waals surface area contributed by atoms with Crippen molar-refractivity contribution in [3.05, 3.63) is 36.2 Å². The monoisotopic (exact) mass is 339 g/mol. The summed E-state index contributed by atoms with van der Waals surface area (Å²) in [6, 6.07) is 9.87. The Labute approximate surface area is 148 Å².